The Hall–Kier alpha value is -0.940. The lowest BCUT2D eigenvalue weighted by Crippen LogP contribution is -2.37. The summed E-state index contributed by atoms with van der Waals surface area (Å²) in [6.45, 7) is 4.72. The van der Waals surface area contributed by atoms with E-state index >= 15 is 0 Å². The molecule has 1 amide bonds. The van der Waals surface area contributed by atoms with Gasteiger partial charge in [-0.3, -0.25) is 4.79 Å². The molecule has 0 aliphatic carbocycles. The predicted octanol–water partition coefficient (Wildman–Crippen LogP) is 2.51. The summed E-state index contributed by atoms with van der Waals surface area (Å²) in [5.41, 5.74) is 7.09. The summed E-state index contributed by atoms with van der Waals surface area (Å²) >= 11 is 8.26. The SMILES string of the molecule is CCN(CC(N)=S)C(=O)c1cccc(Br)c1C. The number of nitrogens with two attached hydrogens (primary N) is 1. The van der Waals surface area contributed by atoms with Crippen molar-refractivity contribution in [1.29, 1.82) is 0 Å². The molecule has 0 radical (unpaired) electrons. The van der Waals surface area contributed by atoms with Gasteiger partial charge in [0.25, 0.3) is 5.91 Å². The molecular weight excluding hydrogens is 300 g/mol. The van der Waals surface area contributed by atoms with Crippen molar-refractivity contribution in [3.05, 3.63) is 33.8 Å². The Morgan fingerprint density at radius 2 is 2.18 bits per heavy atom. The van der Waals surface area contributed by atoms with Crippen LogP contribution in [-0.2, 0) is 0 Å². The molecule has 0 unspecified atom stereocenters. The van der Waals surface area contributed by atoms with Crippen LogP contribution in [0, 0.1) is 6.92 Å². The second-order valence-corrected chi connectivity index (χ2v) is 5.08. The number of amides is 1. The number of carbonyl (C=O) groups is 1. The largest absolute Gasteiger partial charge is 0.392 e. The number of carbonyl (C=O) groups excluding carboxylic acids is 1. The van der Waals surface area contributed by atoms with Gasteiger partial charge in [0, 0.05) is 16.6 Å². The number of likely N-dealkylation sites (N-methyl/N-ethyl adjacent to an activating group) is 1. The van der Waals surface area contributed by atoms with Gasteiger partial charge in [0.1, 0.15) is 0 Å². The van der Waals surface area contributed by atoms with Crippen LogP contribution in [0.5, 0.6) is 0 Å². The first kappa shape index (κ1) is 14.1. The third-order valence-electron chi connectivity index (χ3n) is 2.51. The second-order valence-electron chi connectivity index (χ2n) is 3.70. The zero-order chi connectivity index (χ0) is 13.0. The van der Waals surface area contributed by atoms with Crippen molar-refractivity contribution in [2.45, 2.75) is 13.8 Å². The Kier molecular flexibility index (Phi) is 5.08. The fraction of sp³-hybridized carbons (Fsp3) is 0.333. The monoisotopic (exact) mass is 314 g/mol. The maximum absolute atomic E-state index is 12.3. The van der Waals surface area contributed by atoms with Crippen LogP contribution in [0.4, 0.5) is 0 Å². The number of benzene rings is 1. The zero-order valence-corrected chi connectivity index (χ0v) is 12.3. The quantitative estimate of drug-likeness (QED) is 0.869. The van der Waals surface area contributed by atoms with E-state index in [1.54, 1.807) is 4.90 Å². The third-order valence-corrected chi connectivity index (χ3v) is 3.50. The highest BCUT2D eigenvalue weighted by Gasteiger charge is 2.17. The summed E-state index contributed by atoms with van der Waals surface area (Å²) in [5, 5.41) is 0. The van der Waals surface area contributed by atoms with Crippen LogP contribution in [0.15, 0.2) is 22.7 Å². The minimum Gasteiger partial charge on any atom is -0.392 e. The third kappa shape index (κ3) is 3.51. The lowest BCUT2D eigenvalue weighted by atomic mass is 10.1. The highest BCUT2D eigenvalue weighted by molar-refractivity contribution is 9.10. The van der Waals surface area contributed by atoms with E-state index in [4.69, 9.17) is 18.0 Å². The van der Waals surface area contributed by atoms with E-state index in [1.807, 2.05) is 32.0 Å². The standard InChI is InChI=1S/C12H15BrN2OS/c1-3-15(7-11(14)17)12(16)9-5-4-6-10(13)8(9)2/h4-6H,3,7H2,1-2H3,(H2,14,17). The number of nitrogens with zero attached hydrogens (tertiary/aromatic N) is 1. The van der Waals surface area contributed by atoms with Gasteiger partial charge in [-0.25, -0.2) is 0 Å². The van der Waals surface area contributed by atoms with Crippen molar-refractivity contribution in [2.24, 2.45) is 5.73 Å². The van der Waals surface area contributed by atoms with E-state index in [-0.39, 0.29) is 5.91 Å². The molecule has 1 aromatic rings. The van der Waals surface area contributed by atoms with Gasteiger partial charge in [-0.1, -0.05) is 34.2 Å². The number of rotatable bonds is 4. The van der Waals surface area contributed by atoms with Gasteiger partial charge < -0.3 is 10.6 Å². The molecule has 0 aliphatic heterocycles. The highest BCUT2D eigenvalue weighted by atomic mass is 79.9. The number of thiocarbonyl (C=S) groups is 1. The van der Waals surface area contributed by atoms with Gasteiger partial charge in [-0.05, 0) is 31.5 Å². The molecule has 1 rings (SSSR count). The lowest BCUT2D eigenvalue weighted by Gasteiger charge is -2.21. The molecule has 0 bridgehead atoms. The predicted molar refractivity (Wildman–Crippen MR) is 77.2 cm³/mol. The minimum absolute atomic E-state index is 0.0425. The summed E-state index contributed by atoms with van der Waals surface area (Å²) in [6, 6.07) is 5.57. The van der Waals surface area contributed by atoms with Crippen molar-refractivity contribution in [2.75, 3.05) is 13.1 Å². The van der Waals surface area contributed by atoms with Gasteiger partial charge >= 0.3 is 0 Å². The minimum atomic E-state index is -0.0425. The Labute approximate surface area is 115 Å². The number of hydrogen-bond acceptors (Lipinski definition) is 2. The second kappa shape index (κ2) is 6.12. The molecule has 5 heteroatoms. The molecule has 0 aromatic heterocycles. The van der Waals surface area contributed by atoms with Crippen molar-refractivity contribution in [1.82, 2.24) is 4.90 Å². The summed E-state index contributed by atoms with van der Waals surface area (Å²) in [7, 11) is 0. The van der Waals surface area contributed by atoms with E-state index in [0.29, 0.717) is 23.6 Å². The molecule has 0 spiro atoms. The van der Waals surface area contributed by atoms with Crippen molar-refractivity contribution >= 4 is 39.0 Å². The van der Waals surface area contributed by atoms with Crippen LogP contribution in [-0.4, -0.2) is 28.9 Å². The Balaban J connectivity index is 3.02. The van der Waals surface area contributed by atoms with Gasteiger partial charge in [-0.2, -0.15) is 0 Å². The topological polar surface area (TPSA) is 46.3 Å². The Bertz CT molecular complexity index is 448. The van der Waals surface area contributed by atoms with E-state index in [0.717, 1.165) is 10.0 Å². The first-order valence-electron chi connectivity index (χ1n) is 5.30. The number of halogens is 1. The smallest absolute Gasteiger partial charge is 0.254 e. The average Bonchev–Trinajstić information content (AvgIpc) is 2.28. The molecule has 92 valence electrons. The molecular formula is C12H15BrN2OS. The fourth-order valence-corrected chi connectivity index (χ4v) is 2.05. The highest BCUT2D eigenvalue weighted by Crippen LogP contribution is 2.20. The average molecular weight is 315 g/mol. The number of hydrogen-bond donors (Lipinski definition) is 1. The van der Waals surface area contributed by atoms with Crippen molar-refractivity contribution in [3.8, 4) is 0 Å². The van der Waals surface area contributed by atoms with Crippen LogP contribution < -0.4 is 5.73 Å². The van der Waals surface area contributed by atoms with Crippen molar-refractivity contribution in [3.63, 3.8) is 0 Å². The Morgan fingerprint density at radius 1 is 1.53 bits per heavy atom. The summed E-state index contributed by atoms with van der Waals surface area (Å²) in [6.07, 6.45) is 0. The molecule has 0 saturated heterocycles. The molecule has 1 aromatic carbocycles. The van der Waals surface area contributed by atoms with Crippen LogP contribution in [0.25, 0.3) is 0 Å². The lowest BCUT2D eigenvalue weighted by molar-refractivity contribution is 0.0787. The fourth-order valence-electron chi connectivity index (χ4n) is 1.52. The van der Waals surface area contributed by atoms with Crippen molar-refractivity contribution < 1.29 is 4.79 Å². The first-order chi connectivity index (χ1) is 7.97. The van der Waals surface area contributed by atoms with E-state index < -0.39 is 0 Å². The molecule has 2 N–H and O–H groups in total. The molecule has 0 fully saturated rings. The van der Waals surface area contributed by atoms with Crippen LogP contribution in [0.1, 0.15) is 22.8 Å². The van der Waals surface area contributed by atoms with E-state index in [9.17, 15) is 4.79 Å². The molecule has 17 heavy (non-hydrogen) atoms. The maximum atomic E-state index is 12.3. The molecule has 3 nitrogen and oxygen atoms in total. The summed E-state index contributed by atoms with van der Waals surface area (Å²) < 4.78 is 0.926. The van der Waals surface area contributed by atoms with Crippen LogP contribution >= 0.6 is 28.1 Å². The van der Waals surface area contributed by atoms with E-state index in [2.05, 4.69) is 15.9 Å². The summed E-state index contributed by atoms with van der Waals surface area (Å²) in [5.74, 6) is -0.0425. The maximum Gasteiger partial charge on any atom is 0.254 e. The summed E-state index contributed by atoms with van der Waals surface area (Å²) in [4.78, 5) is 14.2. The molecule has 0 aliphatic rings. The Morgan fingerprint density at radius 3 is 2.71 bits per heavy atom. The normalized spacial score (nSPS) is 10.1. The first-order valence-corrected chi connectivity index (χ1v) is 6.50. The molecule has 0 heterocycles. The van der Waals surface area contributed by atoms with Crippen LogP contribution in [0.3, 0.4) is 0 Å². The van der Waals surface area contributed by atoms with Crippen LogP contribution in [0.2, 0.25) is 0 Å². The van der Waals surface area contributed by atoms with Gasteiger partial charge in [0.15, 0.2) is 0 Å². The zero-order valence-electron chi connectivity index (χ0n) is 9.87. The van der Waals surface area contributed by atoms with Gasteiger partial charge in [0.2, 0.25) is 0 Å². The molecule has 0 saturated carbocycles. The van der Waals surface area contributed by atoms with Gasteiger partial charge in [0.05, 0.1) is 11.5 Å². The van der Waals surface area contributed by atoms with Gasteiger partial charge in [-0.15, -0.1) is 0 Å². The molecule has 0 atom stereocenters. The van der Waals surface area contributed by atoms with E-state index in [1.165, 1.54) is 0 Å².